The van der Waals surface area contributed by atoms with E-state index in [1.807, 2.05) is 25.1 Å². The lowest BCUT2D eigenvalue weighted by atomic mass is 9.89. The molecule has 1 unspecified atom stereocenters. The highest BCUT2D eigenvalue weighted by atomic mass is 32.2. The smallest absolute Gasteiger partial charge is 0.233 e. The fraction of sp³-hybridized carbons (Fsp3) is 0.600. The molecule has 1 aliphatic carbocycles. The molecule has 3 nitrogen and oxygen atoms in total. The van der Waals surface area contributed by atoms with Crippen LogP contribution in [0.15, 0.2) is 29.4 Å². The number of aromatic nitrogens is 1. The molecule has 0 aliphatic heterocycles. The van der Waals surface area contributed by atoms with Crippen LogP contribution < -0.4 is 5.32 Å². The summed E-state index contributed by atoms with van der Waals surface area (Å²) in [6.07, 6.45) is 8.28. The molecule has 1 heterocycles. The second kappa shape index (κ2) is 7.53. The lowest BCUT2D eigenvalue weighted by Gasteiger charge is -2.22. The fourth-order valence-corrected chi connectivity index (χ4v) is 3.26. The molecule has 104 valence electrons. The van der Waals surface area contributed by atoms with Crippen molar-refractivity contribution in [2.75, 3.05) is 6.54 Å². The van der Waals surface area contributed by atoms with Gasteiger partial charge in [0, 0.05) is 12.7 Å². The van der Waals surface area contributed by atoms with Crippen molar-refractivity contribution >= 4 is 17.7 Å². The average Bonchev–Trinajstić information content (AvgIpc) is 2.47. The third kappa shape index (κ3) is 4.86. The Morgan fingerprint density at radius 1 is 1.42 bits per heavy atom. The Labute approximate surface area is 119 Å². The number of carbonyl (C=O) groups excluding carboxylic acids is 1. The number of carbonyl (C=O) groups is 1. The lowest BCUT2D eigenvalue weighted by Crippen LogP contribution is -2.35. The van der Waals surface area contributed by atoms with Crippen molar-refractivity contribution < 1.29 is 4.79 Å². The van der Waals surface area contributed by atoms with Gasteiger partial charge in [-0.25, -0.2) is 4.98 Å². The molecule has 0 saturated heterocycles. The minimum atomic E-state index is -0.0847. The molecule has 4 heteroatoms. The van der Waals surface area contributed by atoms with Crippen molar-refractivity contribution in [2.45, 2.75) is 49.3 Å². The number of nitrogens with one attached hydrogen (secondary N) is 1. The monoisotopic (exact) mass is 278 g/mol. The van der Waals surface area contributed by atoms with Crippen LogP contribution in [0.2, 0.25) is 0 Å². The summed E-state index contributed by atoms with van der Waals surface area (Å²) in [4.78, 5) is 16.3. The van der Waals surface area contributed by atoms with E-state index in [2.05, 4.69) is 10.3 Å². The molecule has 0 aromatic carbocycles. The van der Waals surface area contributed by atoms with Crippen molar-refractivity contribution in [3.05, 3.63) is 24.4 Å². The topological polar surface area (TPSA) is 42.0 Å². The van der Waals surface area contributed by atoms with Gasteiger partial charge in [0.15, 0.2) is 0 Å². The summed E-state index contributed by atoms with van der Waals surface area (Å²) in [6.45, 7) is 2.78. The van der Waals surface area contributed by atoms with Crippen LogP contribution in [0.4, 0.5) is 0 Å². The predicted molar refractivity (Wildman–Crippen MR) is 79.1 cm³/mol. The molecule has 0 bridgehead atoms. The number of pyridine rings is 1. The highest BCUT2D eigenvalue weighted by Crippen LogP contribution is 2.23. The summed E-state index contributed by atoms with van der Waals surface area (Å²) in [6, 6.07) is 5.77. The van der Waals surface area contributed by atoms with E-state index < -0.39 is 0 Å². The number of rotatable bonds is 5. The third-order valence-corrected chi connectivity index (χ3v) is 4.64. The van der Waals surface area contributed by atoms with Gasteiger partial charge < -0.3 is 5.32 Å². The first-order chi connectivity index (χ1) is 9.25. The average molecular weight is 278 g/mol. The van der Waals surface area contributed by atoms with Crippen molar-refractivity contribution in [1.29, 1.82) is 0 Å². The van der Waals surface area contributed by atoms with Gasteiger partial charge in [-0.2, -0.15) is 0 Å². The van der Waals surface area contributed by atoms with Crippen LogP contribution in [0.25, 0.3) is 0 Å². The number of amides is 1. The first-order valence-electron chi connectivity index (χ1n) is 7.11. The second-order valence-corrected chi connectivity index (χ2v) is 6.54. The third-order valence-electron chi connectivity index (χ3n) is 3.59. The quantitative estimate of drug-likeness (QED) is 0.841. The molecule has 1 aromatic heterocycles. The Bertz CT molecular complexity index is 390. The number of hydrogen-bond donors (Lipinski definition) is 1. The second-order valence-electron chi connectivity index (χ2n) is 5.18. The highest BCUT2D eigenvalue weighted by Gasteiger charge is 2.18. The van der Waals surface area contributed by atoms with Crippen LogP contribution in [-0.4, -0.2) is 22.7 Å². The zero-order valence-corrected chi connectivity index (χ0v) is 12.3. The molecule has 1 fully saturated rings. The largest absolute Gasteiger partial charge is 0.355 e. The van der Waals surface area contributed by atoms with Gasteiger partial charge in [-0.1, -0.05) is 37.1 Å². The minimum Gasteiger partial charge on any atom is -0.355 e. The Morgan fingerprint density at radius 2 is 2.21 bits per heavy atom. The normalized spacial score (nSPS) is 17.9. The van der Waals surface area contributed by atoms with E-state index >= 15 is 0 Å². The molecule has 0 radical (unpaired) electrons. The Balaban J connectivity index is 1.73. The minimum absolute atomic E-state index is 0.0847. The Morgan fingerprint density at radius 3 is 2.89 bits per heavy atom. The molecule has 1 N–H and O–H groups in total. The molecular formula is C15H22N2OS. The molecule has 1 aromatic rings. The summed E-state index contributed by atoms with van der Waals surface area (Å²) in [5.41, 5.74) is 0. The van der Waals surface area contributed by atoms with Gasteiger partial charge in [0.25, 0.3) is 0 Å². The van der Waals surface area contributed by atoms with Crippen molar-refractivity contribution in [2.24, 2.45) is 5.92 Å². The first-order valence-corrected chi connectivity index (χ1v) is 7.99. The van der Waals surface area contributed by atoms with E-state index in [4.69, 9.17) is 0 Å². The number of thioether (sulfide) groups is 1. The van der Waals surface area contributed by atoms with Gasteiger partial charge in [0.05, 0.1) is 10.3 Å². The Kier molecular flexibility index (Phi) is 5.70. The van der Waals surface area contributed by atoms with Gasteiger partial charge in [-0.15, -0.1) is 0 Å². The zero-order valence-electron chi connectivity index (χ0n) is 11.5. The summed E-state index contributed by atoms with van der Waals surface area (Å²) < 4.78 is 0. The summed E-state index contributed by atoms with van der Waals surface area (Å²) in [7, 11) is 0. The molecule has 1 atom stereocenters. The first kappa shape index (κ1) is 14.4. The zero-order chi connectivity index (χ0) is 13.5. The number of nitrogens with zero attached hydrogens (tertiary/aromatic N) is 1. The van der Waals surface area contributed by atoms with Crippen molar-refractivity contribution in [3.63, 3.8) is 0 Å². The fourth-order valence-electron chi connectivity index (χ4n) is 2.43. The van der Waals surface area contributed by atoms with Crippen molar-refractivity contribution in [3.8, 4) is 0 Å². The standard InChI is InChI=1S/C15H22N2OS/c1-12(19-14-9-5-6-10-16-14)15(18)17-11-13-7-3-2-4-8-13/h5-6,9-10,12-13H,2-4,7-8,11H2,1H3,(H,17,18). The SMILES string of the molecule is CC(Sc1ccccn1)C(=O)NCC1CCCCC1. The van der Waals surface area contributed by atoms with E-state index in [1.165, 1.54) is 43.9 Å². The van der Waals surface area contributed by atoms with Crippen LogP contribution in [-0.2, 0) is 4.79 Å². The van der Waals surface area contributed by atoms with Crippen LogP contribution in [0.1, 0.15) is 39.0 Å². The molecule has 0 spiro atoms. The van der Waals surface area contributed by atoms with Gasteiger partial charge in [-0.3, -0.25) is 4.79 Å². The molecule has 1 aliphatic rings. The maximum absolute atomic E-state index is 12.0. The summed E-state index contributed by atoms with van der Waals surface area (Å²) in [5.74, 6) is 0.811. The Hall–Kier alpha value is -1.03. The predicted octanol–water partition coefficient (Wildman–Crippen LogP) is 3.26. The van der Waals surface area contributed by atoms with E-state index in [0.29, 0.717) is 5.92 Å². The summed E-state index contributed by atoms with van der Waals surface area (Å²) >= 11 is 1.52. The van der Waals surface area contributed by atoms with E-state index in [0.717, 1.165) is 11.6 Å². The molecule has 1 amide bonds. The van der Waals surface area contributed by atoms with Crippen LogP contribution >= 0.6 is 11.8 Å². The van der Waals surface area contributed by atoms with Crippen LogP contribution in [0, 0.1) is 5.92 Å². The maximum atomic E-state index is 12.0. The van der Waals surface area contributed by atoms with Gasteiger partial charge in [-0.05, 0) is 37.8 Å². The molecular weight excluding hydrogens is 256 g/mol. The summed E-state index contributed by atoms with van der Waals surface area (Å²) in [5, 5.41) is 3.91. The lowest BCUT2D eigenvalue weighted by molar-refractivity contribution is -0.120. The van der Waals surface area contributed by atoms with E-state index in [-0.39, 0.29) is 11.2 Å². The molecule has 19 heavy (non-hydrogen) atoms. The van der Waals surface area contributed by atoms with Gasteiger partial charge in [0.2, 0.25) is 5.91 Å². The highest BCUT2D eigenvalue weighted by molar-refractivity contribution is 8.00. The maximum Gasteiger partial charge on any atom is 0.233 e. The van der Waals surface area contributed by atoms with E-state index in [9.17, 15) is 4.79 Å². The van der Waals surface area contributed by atoms with Crippen molar-refractivity contribution in [1.82, 2.24) is 10.3 Å². The number of hydrogen-bond acceptors (Lipinski definition) is 3. The molecule has 2 rings (SSSR count). The van der Waals surface area contributed by atoms with Crippen LogP contribution in [0.3, 0.4) is 0 Å². The molecule has 1 saturated carbocycles. The van der Waals surface area contributed by atoms with E-state index in [1.54, 1.807) is 6.20 Å². The van der Waals surface area contributed by atoms with Gasteiger partial charge in [0.1, 0.15) is 0 Å². The van der Waals surface area contributed by atoms with Crippen LogP contribution in [0.5, 0.6) is 0 Å². The van der Waals surface area contributed by atoms with Gasteiger partial charge >= 0.3 is 0 Å².